The number of thiophene rings is 1. The van der Waals surface area contributed by atoms with Crippen molar-refractivity contribution in [2.75, 3.05) is 38.0 Å². The van der Waals surface area contributed by atoms with Crippen molar-refractivity contribution < 1.29 is 0 Å². The normalized spacial score (nSPS) is 17.9. The molecular weight excluding hydrogens is 384 g/mol. The van der Waals surface area contributed by atoms with Crippen molar-refractivity contribution in [2.45, 2.75) is 39.8 Å². The monoisotopic (exact) mass is 416 g/mol. The van der Waals surface area contributed by atoms with Crippen LogP contribution >= 0.6 is 23.6 Å². The van der Waals surface area contributed by atoms with Crippen LogP contribution in [0.15, 0.2) is 35.7 Å². The lowest BCUT2D eigenvalue weighted by molar-refractivity contribution is 0.0883. The van der Waals surface area contributed by atoms with Gasteiger partial charge in [0.1, 0.15) is 0 Å². The fourth-order valence-corrected chi connectivity index (χ4v) is 5.13. The topological polar surface area (TPSA) is 30.5 Å². The average Bonchev–Trinajstić information content (AvgIpc) is 3.19. The molecule has 2 N–H and O–H groups in total. The molecule has 1 saturated heterocycles. The van der Waals surface area contributed by atoms with E-state index in [1.54, 1.807) is 0 Å². The second kappa shape index (κ2) is 9.83. The quantitative estimate of drug-likeness (QED) is 0.681. The number of likely N-dealkylation sites (N-methyl/N-ethyl adjacent to an activating group) is 1. The van der Waals surface area contributed by atoms with Crippen LogP contribution in [0.1, 0.15) is 35.9 Å². The van der Waals surface area contributed by atoms with E-state index in [0.717, 1.165) is 38.4 Å². The van der Waals surface area contributed by atoms with Gasteiger partial charge in [0.15, 0.2) is 5.11 Å². The molecule has 2 heterocycles. The average molecular weight is 417 g/mol. The molecule has 1 aliphatic rings. The summed E-state index contributed by atoms with van der Waals surface area (Å²) in [5, 5.41) is 9.82. The zero-order valence-electron chi connectivity index (χ0n) is 17.4. The second-order valence-electron chi connectivity index (χ2n) is 7.64. The van der Waals surface area contributed by atoms with E-state index >= 15 is 0 Å². The highest BCUT2D eigenvalue weighted by atomic mass is 32.1. The molecule has 1 aliphatic heterocycles. The number of nitrogens with one attached hydrogen (secondary N) is 2. The molecule has 2 atom stereocenters. The largest absolute Gasteiger partial charge is 0.358 e. The van der Waals surface area contributed by atoms with Gasteiger partial charge in [0.05, 0.1) is 6.04 Å². The van der Waals surface area contributed by atoms with Crippen LogP contribution in [-0.4, -0.2) is 53.7 Å². The molecule has 0 unspecified atom stereocenters. The van der Waals surface area contributed by atoms with Gasteiger partial charge in [-0.1, -0.05) is 25.1 Å². The Balaban J connectivity index is 1.68. The lowest BCUT2D eigenvalue weighted by atomic mass is 10.0. The van der Waals surface area contributed by atoms with Crippen LogP contribution < -0.4 is 10.6 Å². The van der Waals surface area contributed by atoms with Gasteiger partial charge in [-0.3, -0.25) is 4.90 Å². The number of aryl methyl sites for hydroxylation is 2. The van der Waals surface area contributed by atoms with E-state index in [-0.39, 0.29) is 6.04 Å². The Morgan fingerprint density at radius 1 is 1.18 bits per heavy atom. The molecule has 1 fully saturated rings. The first kappa shape index (κ1) is 21.2. The molecule has 6 heteroatoms. The van der Waals surface area contributed by atoms with E-state index in [0.29, 0.717) is 11.2 Å². The van der Waals surface area contributed by atoms with Crippen LogP contribution in [0.3, 0.4) is 0 Å². The van der Waals surface area contributed by atoms with Crippen LogP contribution in [0.4, 0.5) is 5.69 Å². The molecule has 4 nitrogen and oxygen atoms in total. The molecule has 0 aliphatic carbocycles. The molecule has 0 saturated carbocycles. The zero-order chi connectivity index (χ0) is 20.1. The molecule has 0 radical (unpaired) electrons. The first-order valence-electron chi connectivity index (χ1n) is 10.1. The maximum absolute atomic E-state index is 5.66. The third-order valence-electron chi connectivity index (χ3n) is 5.56. The van der Waals surface area contributed by atoms with Crippen LogP contribution in [-0.2, 0) is 0 Å². The summed E-state index contributed by atoms with van der Waals surface area (Å²) in [6, 6.07) is 11.4. The van der Waals surface area contributed by atoms with Gasteiger partial charge in [0.25, 0.3) is 0 Å². The van der Waals surface area contributed by atoms with Crippen molar-refractivity contribution in [3.63, 3.8) is 0 Å². The molecule has 152 valence electrons. The van der Waals surface area contributed by atoms with E-state index < -0.39 is 0 Å². The van der Waals surface area contributed by atoms with Crippen molar-refractivity contribution in [3.05, 3.63) is 51.7 Å². The summed E-state index contributed by atoms with van der Waals surface area (Å²) < 4.78 is 0. The van der Waals surface area contributed by atoms with E-state index in [4.69, 9.17) is 12.2 Å². The number of hydrogen-bond acceptors (Lipinski definition) is 4. The predicted molar refractivity (Wildman–Crippen MR) is 125 cm³/mol. The van der Waals surface area contributed by atoms with Crippen molar-refractivity contribution in [3.8, 4) is 0 Å². The highest BCUT2D eigenvalue weighted by Crippen LogP contribution is 2.29. The smallest absolute Gasteiger partial charge is 0.171 e. The number of piperazine rings is 1. The van der Waals surface area contributed by atoms with Crippen LogP contribution in [0.25, 0.3) is 0 Å². The molecule has 0 bridgehead atoms. The van der Waals surface area contributed by atoms with Gasteiger partial charge in [-0.15, -0.1) is 11.3 Å². The Morgan fingerprint density at radius 3 is 2.57 bits per heavy atom. The van der Waals surface area contributed by atoms with E-state index in [1.165, 1.54) is 16.0 Å². The third kappa shape index (κ3) is 5.32. The minimum Gasteiger partial charge on any atom is -0.358 e. The number of nitrogens with zero attached hydrogens (tertiary/aromatic N) is 2. The Bertz CT molecular complexity index is 767. The standard InChI is InChI=1S/C22H32N4S2/c1-5-25-10-12-26(13-11-25)21(20-7-6-14-28-20)18(4)23-22(27)24-19-15-16(2)8-9-17(19)3/h6-9,14-15,18,21H,5,10-13H2,1-4H3,(H2,23,24,27)/t18-,21-/m0/s1. The number of rotatable bonds is 6. The van der Waals surface area contributed by atoms with Gasteiger partial charge in [0.2, 0.25) is 0 Å². The first-order chi connectivity index (χ1) is 13.5. The highest BCUT2D eigenvalue weighted by molar-refractivity contribution is 7.80. The summed E-state index contributed by atoms with van der Waals surface area (Å²) in [6.45, 7) is 14.3. The Hall–Kier alpha value is -1.47. The summed E-state index contributed by atoms with van der Waals surface area (Å²) >= 11 is 7.49. The maximum Gasteiger partial charge on any atom is 0.171 e. The number of thiocarbonyl (C=S) groups is 1. The number of benzene rings is 1. The van der Waals surface area contributed by atoms with E-state index in [1.807, 2.05) is 11.3 Å². The minimum absolute atomic E-state index is 0.219. The Kier molecular flexibility index (Phi) is 7.46. The third-order valence-corrected chi connectivity index (χ3v) is 6.72. The van der Waals surface area contributed by atoms with Gasteiger partial charge < -0.3 is 15.5 Å². The summed E-state index contributed by atoms with van der Waals surface area (Å²) in [6.07, 6.45) is 0. The molecule has 28 heavy (non-hydrogen) atoms. The van der Waals surface area contributed by atoms with Crippen molar-refractivity contribution in [1.29, 1.82) is 0 Å². The Labute approximate surface area is 178 Å². The minimum atomic E-state index is 0.219. The number of hydrogen-bond donors (Lipinski definition) is 2. The highest BCUT2D eigenvalue weighted by Gasteiger charge is 2.30. The second-order valence-corrected chi connectivity index (χ2v) is 9.02. The fourth-order valence-electron chi connectivity index (χ4n) is 3.87. The lowest BCUT2D eigenvalue weighted by Crippen LogP contribution is -2.52. The predicted octanol–water partition coefficient (Wildman–Crippen LogP) is 4.42. The Morgan fingerprint density at radius 2 is 1.93 bits per heavy atom. The van der Waals surface area contributed by atoms with Crippen molar-refractivity contribution in [2.24, 2.45) is 0 Å². The SMILES string of the molecule is CCN1CCN([C@H](c2cccs2)[C@H](C)NC(=S)Nc2cc(C)ccc2C)CC1. The summed E-state index contributed by atoms with van der Waals surface area (Å²) in [7, 11) is 0. The van der Waals surface area contributed by atoms with Gasteiger partial charge in [-0.05, 0) is 68.2 Å². The number of anilines is 1. The lowest BCUT2D eigenvalue weighted by Gasteiger charge is -2.41. The van der Waals surface area contributed by atoms with E-state index in [9.17, 15) is 0 Å². The molecular formula is C22H32N4S2. The van der Waals surface area contributed by atoms with E-state index in [2.05, 4.69) is 83.8 Å². The zero-order valence-corrected chi connectivity index (χ0v) is 19.0. The molecule has 0 amide bonds. The molecule has 2 aromatic rings. The molecule has 1 aromatic heterocycles. The van der Waals surface area contributed by atoms with Gasteiger partial charge >= 0.3 is 0 Å². The molecule has 0 spiro atoms. The van der Waals surface area contributed by atoms with Gasteiger partial charge in [-0.25, -0.2) is 0 Å². The van der Waals surface area contributed by atoms with Gasteiger partial charge in [0, 0.05) is 42.8 Å². The van der Waals surface area contributed by atoms with Crippen LogP contribution in [0.2, 0.25) is 0 Å². The van der Waals surface area contributed by atoms with Crippen molar-refractivity contribution in [1.82, 2.24) is 15.1 Å². The van der Waals surface area contributed by atoms with Gasteiger partial charge in [-0.2, -0.15) is 0 Å². The molecule has 1 aromatic carbocycles. The summed E-state index contributed by atoms with van der Waals surface area (Å²) in [5.41, 5.74) is 3.51. The fraction of sp³-hybridized carbons (Fsp3) is 0.500. The maximum atomic E-state index is 5.66. The van der Waals surface area contributed by atoms with Crippen LogP contribution in [0.5, 0.6) is 0 Å². The summed E-state index contributed by atoms with van der Waals surface area (Å²) in [5.74, 6) is 0. The summed E-state index contributed by atoms with van der Waals surface area (Å²) in [4.78, 5) is 6.53. The molecule has 3 rings (SSSR count). The van der Waals surface area contributed by atoms with Crippen LogP contribution in [0, 0.1) is 13.8 Å². The van der Waals surface area contributed by atoms with Crippen molar-refractivity contribution >= 4 is 34.4 Å². The first-order valence-corrected chi connectivity index (χ1v) is 11.4.